The van der Waals surface area contributed by atoms with Crippen LogP contribution in [0.4, 0.5) is 17.3 Å². The Balaban J connectivity index is 0.000000431. The molecule has 1 nitrogen and oxygen atoms in total. The van der Waals surface area contributed by atoms with Crippen molar-refractivity contribution in [2.24, 2.45) is 0 Å². The predicted octanol–water partition coefficient (Wildman–Crippen LogP) is 7.03. The smallest absolute Gasteiger partial charge is 0.418 e. The average Bonchev–Trinajstić information content (AvgIpc) is 2.80. The first-order valence-electron chi connectivity index (χ1n) is 8.64. The summed E-state index contributed by atoms with van der Waals surface area (Å²) in [4.78, 5) is 0. The Morgan fingerprint density at radius 2 is 1.38 bits per heavy atom. The standard InChI is InChI=1S/C20H25O.BF4/c1-19(2,3)17-12-15-14-10-8-7-9-13(14)11-16(15)18(21-17)20(4,5)6;2-1(3,4)5/h7-10,12H,11H2,1-6H3;/q+1;-1. The van der Waals surface area contributed by atoms with Gasteiger partial charge in [0, 0.05) is 18.1 Å². The number of rotatable bonds is 0. The summed E-state index contributed by atoms with van der Waals surface area (Å²) < 4.78 is 45.4. The highest BCUT2D eigenvalue weighted by atomic mass is 19.5. The van der Waals surface area contributed by atoms with Gasteiger partial charge in [-0.25, -0.2) is 4.42 Å². The summed E-state index contributed by atoms with van der Waals surface area (Å²) in [5.41, 5.74) is 5.57. The minimum Gasteiger partial charge on any atom is -0.418 e. The molecule has 0 amide bonds. The van der Waals surface area contributed by atoms with E-state index < -0.39 is 7.25 Å². The predicted molar refractivity (Wildman–Crippen MR) is 98.9 cm³/mol. The van der Waals surface area contributed by atoms with Crippen molar-refractivity contribution < 1.29 is 21.7 Å². The number of hydrogen-bond donors (Lipinski definition) is 0. The Bertz CT molecular complexity index is 793. The molecule has 142 valence electrons. The number of benzene rings is 1. The van der Waals surface area contributed by atoms with Crippen LogP contribution in [0.25, 0.3) is 11.1 Å². The fourth-order valence-electron chi connectivity index (χ4n) is 3.06. The molecule has 0 saturated heterocycles. The molecular weight excluding hydrogens is 343 g/mol. The van der Waals surface area contributed by atoms with Crippen LogP contribution in [0.15, 0.2) is 34.7 Å². The first-order valence-corrected chi connectivity index (χ1v) is 8.64. The van der Waals surface area contributed by atoms with Crippen LogP contribution in [0.2, 0.25) is 0 Å². The van der Waals surface area contributed by atoms with E-state index in [1.807, 2.05) is 0 Å². The summed E-state index contributed by atoms with van der Waals surface area (Å²) in [5, 5.41) is 0. The van der Waals surface area contributed by atoms with Gasteiger partial charge in [0.1, 0.15) is 0 Å². The highest BCUT2D eigenvalue weighted by Gasteiger charge is 2.40. The van der Waals surface area contributed by atoms with Crippen LogP contribution in [0.3, 0.4) is 0 Å². The lowest BCUT2D eigenvalue weighted by molar-refractivity contribution is 0.326. The molecule has 0 bridgehead atoms. The van der Waals surface area contributed by atoms with E-state index in [2.05, 4.69) is 71.9 Å². The largest absolute Gasteiger partial charge is 0.673 e. The average molecular weight is 368 g/mol. The van der Waals surface area contributed by atoms with Crippen LogP contribution in [-0.4, -0.2) is 7.25 Å². The molecule has 0 radical (unpaired) electrons. The van der Waals surface area contributed by atoms with Crippen molar-refractivity contribution in [3.8, 4) is 11.1 Å². The van der Waals surface area contributed by atoms with E-state index in [4.69, 9.17) is 4.42 Å². The summed E-state index contributed by atoms with van der Waals surface area (Å²) >= 11 is 0. The Morgan fingerprint density at radius 3 is 1.88 bits per heavy atom. The first-order chi connectivity index (χ1) is 11.7. The van der Waals surface area contributed by atoms with E-state index in [0.29, 0.717) is 0 Å². The fraction of sp³-hybridized carbons (Fsp3) is 0.450. The highest BCUT2D eigenvalue weighted by molar-refractivity contribution is 6.50. The van der Waals surface area contributed by atoms with Gasteiger partial charge in [0.05, 0.1) is 16.4 Å². The van der Waals surface area contributed by atoms with Gasteiger partial charge in [-0.3, -0.25) is 0 Å². The molecule has 1 aliphatic rings. The van der Waals surface area contributed by atoms with Crippen LogP contribution in [0.1, 0.15) is 64.2 Å². The van der Waals surface area contributed by atoms with Crippen LogP contribution in [0, 0.1) is 0 Å². The Labute approximate surface area is 152 Å². The van der Waals surface area contributed by atoms with Gasteiger partial charge < -0.3 is 17.3 Å². The van der Waals surface area contributed by atoms with Crippen LogP contribution < -0.4 is 0 Å². The third-order valence-corrected chi connectivity index (χ3v) is 4.18. The minimum atomic E-state index is -6.00. The molecule has 0 N–H and O–H groups in total. The normalized spacial score (nSPS) is 13.6. The maximum Gasteiger partial charge on any atom is 0.673 e. The van der Waals surface area contributed by atoms with E-state index in [0.717, 1.165) is 17.9 Å². The van der Waals surface area contributed by atoms with E-state index in [9.17, 15) is 17.3 Å². The molecule has 6 heteroatoms. The Morgan fingerprint density at radius 1 is 0.846 bits per heavy atom. The maximum absolute atomic E-state index is 9.75. The molecule has 0 saturated carbocycles. The third kappa shape index (κ3) is 4.86. The molecule has 26 heavy (non-hydrogen) atoms. The number of hydrogen-bond acceptors (Lipinski definition) is 0. The van der Waals surface area contributed by atoms with Gasteiger partial charge in [0.15, 0.2) is 0 Å². The van der Waals surface area contributed by atoms with E-state index in [-0.39, 0.29) is 10.8 Å². The summed E-state index contributed by atoms with van der Waals surface area (Å²) in [6.45, 7) is 13.4. The molecule has 0 spiro atoms. The molecular formula is C20H25BF4O. The summed E-state index contributed by atoms with van der Waals surface area (Å²) in [7, 11) is -6.00. The molecule has 3 rings (SSSR count). The molecule has 1 heterocycles. The van der Waals surface area contributed by atoms with Crippen molar-refractivity contribution in [3.63, 3.8) is 0 Å². The van der Waals surface area contributed by atoms with Crippen molar-refractivity contribution in [1.29, 1.82) is 0 Å². The first kappa shape index (κ1) is 20.5. The van der Waals surface area contributed by atoms with E-state index in [1.54, 1.807) is 0 Å². The SMILES string of the molecule is CC(C)(C)c1cc2c(c(C(C)(C)C)[o+]1)Cc1ccccc1-2.F[B-](F)(F)F. The van der Waals surface area contributed by atoms with Gasteiger partial charge in [-0.05, 0) is 52.7 Å². The van der Waals surface area contributed by atoms with Crippen LogP contribution in [-0.2, 0) is 17.3 Å². The molecule has 1 aliphatic carbocycles. The second-order valence-electron chi connectivity index (χ2n) is 8.66. The molecule has 0 atom stereocenters. The second-order valence-corrected chi connectivity index (χ2v) is 8.66. The summed E-state index contributed by atoms with van der Waals surface area (Å²) in [6.07, 6.45) is 0.992. The zero-order valence-corrected chi connectivity index (χ0v) is 16.1. The van der Waals surface area contributed by atoms with Gasteiger partial charge in [-0.15, -0.1) is 0 Å². The van der Waals surface area contributed by atoms with Gasteiger partial charge in [0.2, 0.25) is 0 Å². The van der Waals surface area contributed by atoms with Gasteiger partial charge in [0.25, 0.3) is 0 Å². The zero-order valence-electron chi connectivity index (χ0n) is 16.1. The van der Waals surface area contributed by atoms with Gasteiger partial charge in [-0.1, -0.05) is 24.3 Å². The molecule has 1 aromatic carbocycles. The van der Waals surface area contributed by atoms with Crippen molar-refractivity contribution >= 4 is 7.25 Å². The third-order valence-electron chi connectivity index (χ3n) is 4.18. The molecule has 2 aromatic rings. The van der Waals surface area contributed by atoms with Crippen molar-refractivity contribution in [1.82, 2.24) is 0 Å². The van der Waals surface area contributed by atoms with Gasteiger partial charge >= 0.3 is 18.8 Å². The second kappa shape index (κ2) is 6.71. The summed E-state index contributed by atoms with van der Waals surface area (Å²) in [5.74, 6) is 2.21. The maximum atomic E-state index is 9.75. The van der Waals surface area contributed by atoms with Crippen LogP contribution >= 0.6 is 0 Å². The molecule has 0 fully saturated rings. The minimum absolute atomic E-state index is 0.0204. The quantitative estimate of drug-likeness (QED) is 0.236. The lowest BCUT2D eigenvalue weighted by atomic mass is 9.85. The summed E-state index contributed by atoms with van der Waals surface area (Å²) in [6, 6.07) is 11.0. The number of fused-ring (bicyclic) bond motifs is 3. The van der Waals surface area contributed by atoms with Crippen LogP contribution in [0.5, 0.6) is 0 Å². The lowest BCUT2D eigenvalue weighted by Crippen LogP contribution is -2.18. The van der Waals surface area contributed by atoms with Gasteiger partial charge in [-0.2, -0.15) is 0 Å². The van der Waals surface area contributed by atoms with Crippen molar-refractivity contribution in [2.45, 2.75) is 58.8 Å². The fourth-order valence-corrected chi connectivity index (χ4v) is 3.06. The van der Waals surface area contributed by atoms with E-state index >= 15 is 0 Å². The van der Waals surface area contributed by atoms with Crippen molar-refractivity contribution in [2.75, 3.05) is 0 Å². The number of halogens is 4. The highest BCUT2D eigenvalue weighted by Crippen LogP contribution is 2.44. The molecule has 0 unspecified atom stereocenters. The monoisotopic (exact) mass is 368 g/mol. The topological polar surface area (TPSA) is 11.3 Å². The Kier molecular flexibility index (Phi) is 5.28. The van der Waals surface area contributed by atoms with E-state index in [1.165, 1.54) is 22.3 Å². The molecule has 1 aromatic heterocycles. The lowest BCUT2D eigenvalue weighted by Gasteiger charge is -2.16. The Hall–Kier alpha value is -1.85. The molecule has 0 aliphatic heterocycles. The van der Waals surface area contributed by atoms with Crippen molar-refractivity contribution in [3.05, 3.63) is 53.0 Å². The zero-order chi connectivity index (χ0) is 19.9.